The molecule has 0 aliphatic carbocycles. The molecule has 2 aromatic heterocycles. The highest BCUT2D eigenvalue weighted by Crippen LogP contribution is 2.34. The summed E-state index contributed by atoms with van der Waals surface area (Å²) in [5.41, 5.74) is 6.80. The van der Waals surface area contributed by atoms with Crippen molar-refractivity contribution in [3.05, 3.63) is 10.7 Å². The Morgan fingerprint density at radius 1 is 1.22 bits per heavy atom. The molecule has 0 amide bonds. The lowest BCUT2D eigenvalue weighted by Gasteiger charge is -1.98. The Morgan fingerprint density at radius 2 is 2.00 bits per heavy atom. The first-order valence-corrected chi connectivity index (χ1v) is 7.81. The number of nitrogens with two attached hydrogens (primary N) is 1. The summed E-state index contributed by atoms with van der Waals surface area (Å²) in [5.74, 6) is 0.623. The minimum atomic E-state index is 0.520. The number of hydrogen-bond acceptors (Lipinski definition) is 6. The SMILES string of the molecule is CCCc1nc(CC(C)C)sc1-c1nnc(N)s1. The maximum atomic E-state index is 5.66. The summed E-state index contributed by atoms with van der Waals surface area (Å²) in [6.45, 7) is 6.59. The van der Waals surface area contributed by atoms with Crippen LogP contribution in [0.1, 0.15) is 37.9 Å². The van der Waals surface area contributed by atoms with Gasteiger partial charge in [0, 0.05) is 6.42 Å². The number of aromatic nitrogens is 3. The summed E-state index contributed by atoms with van der Waals surface area (Å²) in [6, 6.07) is 0. The van der Waals surface area contributed by atoms with Gasteiger partial charge in [-0.2, -0.15) is 0 Å². The minimum absolute atomic E-state index is 0.520. The predicted octanol–water partition coefficient (Wildman–Crippen LogP) is 3.39. The second-order valence-corrected chi connectivity index (χ2v) is 6.77. The summed E-state index contributed by atoms with van der Waals surface area (Å²) < 4.78 is 0. The zero-order valence-corrected chi connectivity index (χ0v) is 12.6. The standard InChI is InChI=1S/C12H18N4S2/c1-4-5-8-10(11-15-16-12(13)18-11)17-9(14-8)6-7(2)3/h7H,4-6H2,1-3H3,(H2,13,16). The van der Waals surface area contributed by atoms with Crippen molar-refractivity contribution in [1.29, 1.82) is 0 Å². The Hall–Kier alpha value is -1.01. The van der Waals surface area contributed by atoms with Crippen LogP contribution in [0.25, 0.3) is 9.88 Å². The number of aryl methyl sites for hydroxylation is 1. The molecule has 4 nitrogen and oxygen atoms in total. The van der Waals surface area contributed by atoms with Gasteiger partial charge in [-0.05, 0) is 12.3 Å². The van der Waals surface area contributed by atoms with Crippen LogP contribution in [0.3, 0.4) is 0 Å². The van der Waals surface area contributed by atoms with Crippen molar-refractivity contribution >= 4 is 27.8 Å². The van der Waals surface area contributed by atoms with Crippen LogP contribution in [0, 0.1) is 5.92 Å². The van der Waals surface area contributed by atoms with E-state index in [9.17, 15) is 0 Å². The van der Waals surface area contributed by atoms with Gasteiger partial charge in [-0.15, -0.1) is 21.5 Å². The van der Waals surface area contributed by atoms with Gasteiger partial charge in [0.1, 0.15) is 0 Å². The number of nitrogens with zero attached hydrogens (tertiary/aromatic N) is 3. The first kappa shape index (κ1) is 13.4. The molecule has 0 saturated heterocycles. The number of hydrogen-bond donors (Lipinski definition) is 1. The fourth-order valence-electron chi connectivity index (χ4n) is 1.74. The Bertz CT molecular complexity index is 516. The van der Waals surface area contributed by atoms with Crippen molar-refractivity contribution in [2.75, 3.05) is 5.73 Å². The number of nitrogen functional groups attached to an aromatic ring is 1. The van der Waals surface area contributed by atoms with Crippen molar-refractivity contribution < 1.29 is 0 Å². The molecule has 98 valence electrons. The molecule has 6 heteroatoms. The van der Waals surface area contributed by atoms with Gasteiger partial charge < -0.3 is 5.73 Å². The quantitative estimate of drug-likeness (QED) is 0.913. The van der Waals surface area contributed by atoms with E-state index in [0.29, 0.717) is 11.0 Å². The maximum absolute atomic E-state index is 5.66. The fourth-order valence-corrected chi connectivity index (χ4v) is 3.76. The average molecular weight is 282 g/mol. The third-order valence-electron chi connectivity index (χ3n) is 2.45. The molecule has 0 aromatic carbocycles. The highest BCUT2D eigenvalue weighted by atomic mass is 32.1. The van der Waals surface area contributed by atoms with E-state index in [1.807, 2.05) is 0 Å². The molecule has 0 saturated carbocycles. The molecular formula is C12H18N4S2. The Kier molecular flexibility index (Phi) is 4.29. The van der Waals surface area contributed by atoms with Crippen LogP contribution in [0.5, 0.6) is 0 Å². The van der Waals surface area contributed by atoms with Crippen LogP contribution in [-0.2, 0) is 12.8 Å². The molecule has 18 heavy (non-hydrogen) atoms. The van der Waals surface area contributed by atoms with Gasteiger partial charge in [-0.1, -0.05) is 38.5 Å². The van der Waals surface area contributed by atoms with Gasteiger partial charge in [0.2, 0.25) is 5.13 Å². The summed E-state index contributed by atoms with van der Waals surface area (Å²) in [4.78, 5) is 5.90. The summed E-state index contributed by atoms with van der Waals surface area (Å²) in [5, 5.41) is 10.6. The number of rotatable bonds is 5. The fraction of sp³-hybridized carbons (Fsp3) is 0.583. The maximum Gasteiger partial charge on any atom is 0.203 e. The monoisotopic (exact) mass is 282 g/mol. The third-order valence-corrected chi connectivity index (χ3v) is 4.47. The first-order valence-electron chi connectivity index (χ1n) is 6.18. The van der Waals surface area contributed by atoms with Crippen LogP contribution in [0.2, 0.25) is 0 Å². The molecule has 0 atom stereocenters. The average Bonchev–Trinajstić information content (AvgIpc) is 2.85. The van der Waals surface area contributed by atoms with Crippen molar-refractivity contribution in [3.63, 3.8) is 0 Å². The van der Waals surface area contributed by atoms with Gasteiger partial charge >= 0.3 is 0 Å². The van der Waals surface area contributed by atoms with E-state index in [2.05, 4.69) is 31.0 Å². The highest BCUT2D eigenvalue weighted by Gasteiger charge is 2.16. The van der Waals surface area contributed by atoms with Crippen LogP contribution in [-0.4, -0.2) is 15.2 Å². The zero-order chi connectivity index (χ0) is 13.1. The van der Waals surface area contributed by atoms with Crippen LogP contribution in [0.15, 0.2) is 0 Å². The highest BCUT2D eigenvalue weighted by molar-refractivity contribution is 7.23. The molecule has 2 N–H and O–H groups in total. The molecule has 0 aliphatic heterocycles. The molecule has 0 aliphatic rings. The van der Waals surface area contributed by atoms with Gasteiger partial charge in [0.15, 0.2) is 5.01 Å². The molecule has 0 fully saturated rings. The molecule has 0 spiro atoms. The van der Waals surface area contributed by atoms with E-state index in [1.54, 1.807) is 11.3 Å². The molecule has 2 rings (SSSR count). The van der Waals surface area contributed by atoms with E-state index in [1.165, 1.54) is 16.3 Å². The number of anilines is 1. The molecule has 0 radical (unpaired) electrons. The first-order chi connectivity index (χ1) is 8.60. The topological polar surface area (TPSA) is 64.7 Å². The van der Waals surface area contributed by atoms with Crippen molar-refractivity contribution in [3.8, 4) is 9.88 Å². The molecule has 2 heterocycles. The number of thiazole rings is 1. The van der Waals surface area contributed by atoms with Crippen LogP contribution < -0.4 is 5.73 Å². The normalized spacial score (nSPS) is 11.3. The largest absolute Gasteiger partial charge is 0.374 e. The van der Waals surface area contributed by atoms with E-state index < -0.39 is 0 Å². The smallest absolute Gasteiger partial charge is 0.203 e. The van der Waals surface area contributed by atoms with Gasteiger partial charge in [-0.25, -0.2) is 4.98 Å². The predicted molar refractivity (Wildman–Crippen MR) is 78.0 cm³/mol. The van der Waals surface area contributed by atoms with E-state index >= 15 is 0 Å². The van der Waals surface area contributed by atoms with Crippen molar-refractivity contribution in [2.24, 2.45) is 5.92 Å². The molecule has 2 aromatic rings. The molecule has 0 unspecified atom stereocenters. The lowest BCUT2D eigenvalue weighted by atomic mass is 10.1. The zero-order valence-electron chi connectivity index (χ0n) is 10.9. The second-order valence-electron chi connectivity index (χ2n) is 4.68. The summed E-state index contributed by atoms with van der Waals surface area (Å²) in [6.07, 6.45) is 3.10. The Balaban J connectivity index is 2.34. The van der Waals surface area contributed by atoms with Gasteiger partial charge in [0.25, 0.3) is 0 Å². The van der Waals surface area contributed by atoms with E-state index in [-0.39, 0.29) is 0 Å². The summed E-state index contributed by atoms with van der Waals surface area (Å²) in [7, 11) is 0. The minimum Gasteiger partial charge on any atom is -0.374 e. The summed E-state index contributed by atoms with van der Waals surface area (Å²) >= 11 is 3.17. The molecular weight excluding hydrogens is 264 g/mol. The van der Waals surface area contributed by atoms with Crippen LogP contribution in [0.4, 0.5) is 5.13 Å². The van der Waals surface area contributed by atoms with E-state index in [4.69, 9.17) is 10.7 Å². The van der Waals surface area contributed by atoms with Crippen molar-refractivity contribution in [1.82, 2.24) is 15.2 Å². The van der Waals surface area contributed by atoms with E-state index in [0.717, 1.165) is 34.8 Å². The van der Waals surface area contributed by atoms with Crippen molar-refractivity contribution in [2.45, 2.75) is 40.0 Å². The Morgan fingerprint density at radius 3 is 2.56 bits per heavy atom. The van der Waals surface area contributed by atoms with Gasteiger partial charge in [0.05, 0.1) is 15.6 Å². The Labute approximate surface area is 115 Å². The van der Waals surface area contributed by atoms with Crippen LogP contribution >= 0.6 is 22.7 Å². The second kappa shape index (κ2) is 5.75. The lowest BCUT2D eigenvalue weighted by molar-refractivity contribution is 0.642. The molecule has 0 bridgehead atoms. The van der Waals surface area contributed by atoms with Gasteiger partial charge in [-0.3, -0.25) is 0 Å². The lowest BCUT2D eigenvalue weighted by Crippen LogP contribution is -1.94. The third kappa shape index (κ3) is 3.05.